The van der Waals surface area contributed by atoms with Crippen LogP contribution in [0, 0.1) is 0 Å². The average molecular weight is 338 g/mol. The Labute approximate surface area is 130 Å². The van der Waals surface area contributed by atoms with Crippen LogP contribution in [0.5, 0.6) is 0 Å². The van der Waals surface area contributed by atoms with E-state index in [0.29, 0.717) is 6.04 Å². The smallest absolute Gasteiger partial charge is 0.0514 e. The molecular formula is C16H24BrN3. The summed E-state index contributed by atoms with van der Waals surface area (Å²) in [5, 5.41) is 0. The fourth-order valence-electron chi connectivity index (χ4n) is 3.56. The molecule has 0 radical (unpaired) electrons. The number of halogens is 1. The Morgan fingerprint density at radius 1 is 1.35 bits per heavy atom. The van der Waals surface area contributed by atoms with Crippen molar-refractivity contribution in [1.82, 2.24) is 4.90 Å². The van der Waals surface area contributed by atoms with Gasteiger partial charge in [-0.3, -0.25) is 4.90 Å². The lowest BCUT2D eigenvalue weighted by atomic mass is 10.0. The van der Waals surface area contributed by atoms with Crippen LogP contribution in [-0.4, -0.2) is 36.6 Å². The molecule has 3 atom stereocenters. The summed E-state index contributed by atoms with van der Waals surface area (Å²) in [4.78, 5) is 5.22. The third-order valence-electron chi connectivity index (χ3n) is 4.74. The van der Waals surface area contributed by atoms with Crippen molar-refractivity contribution in [3.63, 3.8) is 0 Å². The van der Waals surface area contributed by atoms with E-state index in [0.717, 1.165) is 12.6 Å². The lowest BCUT2D eigenvalue weighted by Crippen LogP contribution is -2.55. The van der Waals surface area contributed by atoms with Crippen LogP contribution in [0.25, 0.3) is 0 Å². The van der Waals surface area contributed by atoms with Gasteiger partial charge in [-0.15, -0.1) is 0 Å². The molecule has 2 fully saturated rings. The molecular weight excluding hydrogens is 314 g/mol. The van der Waals surface area contributed by atoms with Crippen molar-refractivity contribution in [2.45, 2.75) is 44.8 Å². The third-order valence-corrected chi connectivity index (χ3v) is 5.38. The quantitative estimate of drug-likeness (QED) is 0.899. The molecule has 1 aromatic carbocycles. The number of nitrogens with zero attached hydrogens (tertiary/aromatic N) is 2. The van der Waals surface area contributed by atoms with Crippen molar-refractivity contribution in [3.8, 4) is 0 Å². The number of nitrogens with two attached hydrogens (primary N) is 1. The molecule has 2 aliphatic heterocycles. The van der Waals surface area contributed by atoms with Gasteiger partial charge >= 0.3 is 0 Å². The maximum Gasteiger partial charge on any atom is 0.0514 e. The van der Waals surface area contributed by atoms with Crippen LogP contribution in [0.1, 0.15) is 38.3 Å². The molecule has 110 valence electrons. The number of fused-ring (bicyclic) bond motifs is 1. The Morgan fingerprint density at radius 3 is 2.85 bits per heavy atom. The zero-order valence-electron chi connectivity index (χ0n) is 12.3. The van der Waals surface area contributed by atoms with E-state index < -0.39 is 0 Å². The Balaban J connectivity index is 1.84. The van der Waals surface area contributed by atoms with Crippen molar-refractivity contribution in [2.24, 2.45) is 5.73 Å². The molecule has 0 amide bonds. The molecule has 0 aliphatic carbocycles. The van der Waals surface area contributed by atoms with Crippen LogP contribution in [0.2, 0.25) is 0 Å². The molecule has 0 saturated carbocycles. The van der Waals surface area contributed by atoms with Gasteiger partial charge in [0, 0.05) is 35.7 Å². The summed E-state index contributed by atoms with van der Waals surface area (Å²) in [5.74, 6) is 0. The van der Waals surface area contributed by atoms with E-state index in [4.69, 9.17) is 5.73 Å². The van der Waals surface area contributed by atoms with Crippen molar-refractivity contribution >= 4 is 21.6 Å². The molecule has 0 spiro atoms. The van der Waals surface area contributed by atoms with Crippen LogP contribution in [0.3, 0.4) is 0 Å². The highest BCUT2D eigenvalue weighted by molar-refractivity contribution is 9.10. The fraction of sp³-hybridized carbons (Fsp3) is 0.625. The fourth-order valence-corrected chi connectivity index (χ4v) is 4.19. The first-order valence-electron chi connectivity index (χ1n) is 7.62. The first kappa shape index (κ1) is 14.4. The van der Waals surface area contributed by atoms with Gasteiger partial charge in [-0.2, -0.15) is 0 Å². The van der Waals surface area contributed by atoms with Gasteiger partial charge in [-0.05, 0) is 66.9 Å². The van der Waals surface area contributed by atoms with Crippen molar-refractivity contribution in [1.29, 1.82) is 0 Å². The molecule has 0 aromatic heterocycles. The lowest BCUT2D eigenvalue weighted by Gasteiger charge is -2.44. The normalized spacial score (nSPS) is 28.5. The van der Waals surface area contributed by atoms with Crippen LogP contribution < -0.4 is 10.6 Å². The summed E-state index contributed by atoms with van der Waals surface area (Å²) in [6.45, 7) is 7.99. The van der Waals surface area contributed by atoms with Crippen molar-refractivity contribution < 1.29 is 0 Å². The summed E-state index contributed by atoms with van der Waals surface area (Å²) in [6.07, 6.45) is 2.70. The van der Waals surface area contributed by atoms with E-state index in [9.17, 15) is 0 Å². The molecule has 4 heteroatoms. The van der Waals surface area contributed by atoms with Crippen LogP contribution in [0.4, 0.5) is 5.69 Å². The number of anilines is 1. The number of rotatable bonds is 2. The molecule has 0 bridgehead atoms. The molecule has 2 unspecified atom stereocenters. The largest absolute Gasteiger partial charge is 0.365 e. The Morgan fingerprint density at radius 2 is 2.15 bits per heavy atom. The predicted molar refractivity (Wildman–Crippen MR) is 88.1 cm³/mol. The summed E-state index contributed by atoms with van der Waals surface area (Å²) in [6, 6.07) is 7.97. The molecule has 20 heavy (non-hydrogen) atoms. The van der Waals surface area contributed by atoms with E-state index in [1.54, 1.807) is 0 Å². The highest BCUT2D eigenvalue weighted by atomic mass is 79.9. The minimum Gasteiger partial charge on any atom is -0.365 e. The van der Waals surface area contributed by atoms with Gasteiger partial charge in [0.05, 0.1) is 5.69 Å². The van der Waals surface area contributed by atoms with Gasteiger partial charge in [-0.25, -0.2) is 0 Å². The van der Waals surface area contributed by atoms with Crippen molar-refractivity contribution in [2.75, 3.05) is 24.5 Å². The summed E-state index contributed by atoms with van der Waals surface area (Å²) >= 11 is 3.74. The number of hydrogen-bond donors (Lipinski definition) is 1. The van der Waals surface area contributed by atoms with Gasteiger partial charge in [0.25, 0.3) is 0 Å². The molecule has 3 nitrogen and oxygen atoms in total. The minimum atomic E-state index is 0.0875. The molecule has 2 N–H and O–H groups in total. The van der Waals surface area contributed by atoms with E-state index >= 15 is 0 Å². The zero-order chi connectivity index (χ0) is 14.3. The third kappa shape index (κ3) is 2.61. The van der Waals surface area contributed by atoms with E-state index in [-0.39, 0.29) is 6.04 Å². The standard InChI is InChI=1S/C16H24BrN3/c1-11-9-19-7-3-4-14(19)10-20(11)16-6-5-13(12(2)18)8-15(16)17/h5-6,8,11-12,14H,3-4,7,9-10,18H2,1-2H3/t11?,12-,14?/m1/s1. The minimum absolute atomic E-state index is 0.0875. The molecule has 2 heterocycles. The highest BCUT2D eigenvalue weighted by Gasteiger charge is 2.34. The Kier molecular flexibility index (Phi) is 4.07. The van der Waals surface area contributed by atoms with Gasteiger partial charge in [0.1, 0.15) is 0 Å². The Hall–Kier alpha value is -0.580. The number of piperazine rings is 1. The van der Waals surface area contributed by atoms with E-state index in [1.807, 2.05) is 6.92 Å². The predicted octanol–water partition coefficient (Wildman–Crippen LogP) is 3.14. The second-order valence-electron chi connectivity index (χ2n) is 6.29. The highest BCUT2D eigenvalue weighted by Crippen LogP contribution is 2.34. The van der Waals surface area contributed by atoms with Gasteiger partial charge in [0.15, 0.2) is 0 Å². The second kappa shape index (κ2) is 5.66. The first-order chi connectivity index (χ1) is 9.56. The maximum atomic E-state index is 5.97. The van der Waals surface area contributed by atoms with Crippen molar-refractivity contribution in [3.05, 3.63) is 28.2 Å². The average Bonchev–Trinajstić information content (AvgIpc) is 2.84. The van der Waals surface area contributed by atoms with Crippen LogP contribution >= 0.6 is 15.9 Å². The topological polar surface area (TPSA) is 32.5 Å². The van der Waals surface area contributed by atoms with Gasteiger partial charge in [-0.1, -0.05) is 6.07 Å². The zero-order valence-corrected chi connectivity index (χ0v) is 13.9. The molecule has 2 aliphatic rings. The molecule has 1 aromatic rings. The SMILES string of the molecule is CC1CN2CCCC2CN1c1ccc([C@@H](C)N)cc1Br. The first-order valence-corrected chi connectivity index (χ1v) is 8.41. The van der Waals surface area contributed by atoms with Gasteiger partial charge < -0.3 is 10.6 Å². The Bertz CT molecular complexity index is 489. The molecule has 2 saturated heterocycles. The van der Waals surface area contributed by atoms with E-state index in [2.05, 4.69) is 50.9 Å². The second-order valence-corrected chi connectivity index (χ2v) is 7.15. The number of benzene rings is 1. The van der Waals surface area contributed by atoms with Crippen LogP contribution in [0.15, 0.2) is 22.7 Å². The monoisotopic (exact) mass is 337 g/mol. The van der Waals surface area contributed by atoms with Gasteiger partial charge in [0.2, 0.25) is 0 Å². The maximum absolute atomic E-state index is 5.97. The summed E-state index contributed by atoms with van der Waals surface area (Å²) in [7, 11) is 0. The summed E-state index contributed by atoms with van der Waals surface area (Å²) in [5.41, 5.74) is 8.47. The summed E-state index contributed by atoms with van der Waals surface area (Å²) < 4.78 is 1.17. The molecule has 3 rings (SSSR count). The number of hydrogen-bond acceptors (Lipinski definition) is 3. The lowest BCUT2D eigenvalue weighted by molar-refractivity contribution is 0.203. The van der Waals surface area contributed by atoms with Crippen LogP contribution in [-0.2, 0) is 0 Å². The van der Waals surface area contributed by atoms with E-state index in [1.165, 1.54) is 41.7 Å².